The number of hydrogen-bond acceptors (Lipinski definition) is 6. The van der Waals surface area contributed by atoms with E-state index in [9.17, 15) is 13.2 Å². The molecule has 1 aromatic carbocycles. The van der Waals surface area contributed by atoms with Gasteiger partial charge in [-0.2, -0.15) is 4.31 Å². The smallest absolute Gasteiger partial charge is 0.243 e. The van der Waals surface area contributed by atoms with Gasteiger partial charge in [0.1, 0.15) is 11.6 Å². The third-order valence-electron chi connectivity index (χ3n) is 6.94. The van der Waals surface area contributed by atoms with E-state index in [0.717, 1.165) is 30.9 Å². The molecule has 0 bridgehead atoms. The van der Waals surface area contributed by atoms with E-state index in [4.69, 9.17) is 4.74 Å². The van der Waals surface area contributed by atoms with Crippen LogP contribution in [0.15, 0.2) is 53.6 Å². The van der Waals surface area contributed by atoms with Gasteiger partial charge >= 0.3 is 0 Å². The predicted octanol–water partition coefficient (Wildman–Crippen LogP) is 2.54. The summed E-state index contributed by atoms with van der Waals surface area (Å²) in [6, 6.07) is 12.2. The molecule has 0 unspecified atom stereocenters. The highest BCUT2D eigenvalue weighted by Crippen LogP contribution is 2.30. The predicted molar refractivity (Wildman–Crippen MR) is 126 cm³/mol. The van der Waals surface area contributed by atoms with E-state index in [-0.39, 0.29) is 22.6 Å². The largest absolute Gasteiger partial charge is 0.497 e. The van der Waals surface area contributed by atoms with Crippen LogP contribution in [0.25, 0.3) is 5.65 Å². The maximum Gasteiger partial charge on any atom is 0.243 e. The summed E-state index contributed by atoms with van der Waals surface area (Å²) in [5, 5.41) is 8.66. The maximum atomic E-state index is 13.3. The molecule has 9 nitrogen and oxygen atoms in total. The van der Waals surface area contributed by atoms with Gasteiger partial charge in [0.05, 0.1) is 12.0 Å². The van der Waals surface area contributed by atoms with Gasteiger partial charge in [-0.15, -0.1) is 10.2 Å². The fraction of sp³-hybridized carbons (Fsp3) is 0.458. The Morgan fingerprint density at radius 2 is 1.76 bits per heavy atom. The average Bonchev–Trinajstić information content (AvgIpc) is 3.33. The van der Waals surface area contributed by atoms with Gasteiger partial charge in [0.2, 0.25) is 15.9 Å². The van der Waals surface area contributed by atoms with Crippen LogP contribution in [-0.4, -0.2) is 71.4 Å². The molecule has 2 aliphatic heterocycles. The van der Waals surface area contributed by atoms with Crippen LogP contribution in [-0.2, 0) is 14.8 Å². The van der Waals surface area contributed by atoms with Crippen LogP contribution in [0.1, 0.15) is 37.4 Å². The molecule has 0 N–H and O–H groups in total. The number of fused-ring (bicyclic) bond motifs is 1. The number of amides is 1. The summed E-state index contributed by atoms with van der Waals surface area (Å²) in [6.45, 7) is 2.04. The highest BCUT2D eigenvalue weighted by Gasteiger charge is 2.36. The summed E-state index contributed by atoms with van der Waals surface area (Å²) < 4.78 is 34.6. The molecule has 0 aliphatic carbocycles. The van der Waals surface area contributed by atoms with Crippen molar-refractivity contribution in [1.82, 2.24) is 23.8 Å². The summed E-state index contributed by atoms with van der Waals surface area (Å²) in [6.07, 6.45) is 4.91. The maximum absolute atomic E-state index is 13.3. The van der Waals surface area contributed by atoms with Crippen molar-refractivity contribution in [2.24, 2.45) is 5.92 Å². The minimum Gasteiger partial charge on any atom is -0.497 e. The monoisotopic (exact) mass is 483 g/mol. The van der Waals surface area contributed by atoms with Crippen molar-refractivity contribution < 1.29 is 17.9 Å². The van der Waals surface area contributed by atoms with Crippen LogP contribution in [0, 0.1) is 5.92 Å². The molecule has 1 amide bonds. The number of rotatable bonds is 5. The fourth-order valence-electron chi connectivity index (χ4n) is 5.02. The zero-order chi connectivity index (χ0) is 23.7. The zero-order valence-corrected chi connectivity index (χ0v) is 20.0. The van der Waals surface area contributed by atoms with Crippen molar-refractivity contribution in [1.29, 1.82) is 0 Å². The molecular weight excluding hydrogens is 454 g/mol. The van der Waals surface area contributed by atoms with E-state index < -0.39 is 10.0 Å². The van der Waals surface area contributed by atoms with Gasteiger partial charge in [0.15, 0.2) is 5.65 Å². The number of carbonyl (C=O) groups excluding carboxylic acids is 1. The average molecular weight is 484 g/mol. The van der Waals surface area contributed by atoms with Gasteiger partial charge in [-0.3, -0.25) is 9.20 Å². The van der Waals surface area contributed by atoms with Gasteiger partial charge in [-0.05, 0) is 62.1 Å². The number of hydrogen-bond donors (Lipinski definition) is 0. The summed E-state index contributed by atoms with van der Waals surface area (Å²) in [5.74, 6) is 1.62. The molecule has 3 aromatic rings. The number of ether oxygens (including phenoxy) is 1. The second kappa shape index (κ2) is 9.34. The first-order valence-corrected chi connectivity index (χ1v) is 13.1. The SMILES string of the molecule is COc1ccc(S(=O)(=O)N2CCC(C(=O)N3CCC[C@H](c4nnc5ccccn45)C3)CC2)cc1. The Morgan fingerprint density at radius 1 is 1.00 bits per heavy atom. The third kappa shape index (κ3) is 4.27. The van der Waals surface area contributed by atoms with E-state index >= 15 is 0 Å². The summed E-state index contributed by atoms with van der Waals surface area (Å²) in [5.41, 5.74) is 0.811. The molecule has 1 atom stereocenters. The lowest BCUT2D eigenvalue weighted by Crippen LogP contribution is -2.47. The molecule has 2 fully saturated rings. The minimum atomic E-state index is -3.59. The summed E-state index contributed by atoms with van der Waals surface area (Å²) in [7, 11) is -2.04. The van der Waals surface area contributed by atoms with E-state index in [2.05, 4.69) is 10.2 Å². The number of aromatic nitrogens is 3. The van der Waals surface area contributed by atoms with Gasteiger partial charge in [0.25, 0.3) is 0 Å². The van der Waals surface area contributed by atoms with Crippen molar-refractivity contribution in [3.8, 4) is 5.75 Å². The molecule has 2 aromatic heterocycles. The number of likely N-dealkylation sites (tertiary alicyclic amines) is 1. The normalized spacial score (nSPS) is 20.5. The molecule has 10 heteroatoms. The highest BCUT2D eigenvalue weighted by atomic mass is 32.2. The Morgan fingerprint density at radius 3 is 2.50 bits per heavy atom. The Labute approximate surface area is 199 Å². The topological polar surface area (TPSA) is 97.1 Å². The Hall–Kier alpha value is -2.98. The Bertz CT molecular complexity index is 1270. The summed E-state index contributed by atoms with van der Waals surface area (Å²) in [4.78, 5) is 15.5. The van der Waals surface area contributed by atoms with Crippen LogP contribution >= 0.6 is 0 Å². The van der Waals surface area contributed by atoms with Crippen molar-refractivity contribution in [3.63, 3.8) is 0 Å². The second-order valence-corrected chi connectivity index (χ2v) is 10.9. The molecule has 0 radical (unpaired) electrons. The van der Waals surface area contributed by atoms with E-state index in [0.29, 0.717) is 38.2 Å². The number of sulfonamides is 1. The van der Waals surface area contributed by atoms with Gasteiger partial charge in [0, 0.05) is 44.2 Å². The first kappa shape index (κ1) is 22.8. The first-order valence-electron chi connectivity index (χ1n) is 11.7. The molecule has 2 aliphatic rings. The number of nitrogens with zero attached hydrogens (tertiary/aromatic N) is 5. The molecule has 5 rings (SSSR count). The fourth-order valence-corrected chi connectivity index (χ4v) is 6.49. The highest BCUT2D eigenvalue weighted by molar-refractivity contribution is 7.89. The zero-order valence-electron chi connectivity index (χ0n) is 19.2. The van der Waals surface area contributed by atoms with Crippen LogP contribution in [0.4, 0.5) is 0 Å². The molecule has 2 saturated heterocycles. The summed E-state index contributed by atoms with van der Waals surface area (Å²) >= 11 is 0. The number of pyridine rings is 1. The Balaban J connectivity index is 1.22. The second-order valence-electron chi connectivity index (χ2n) is 8.96. The molecule has 4 heterocycles. The van der Waals surface area contributed by atoms with Gasteiger partial charge in [-0.25, -0.2) is 8.42 Å². The lowest BCUT2D eigenvalue weighted by atomic mass is 9.92. The van der Waals surface area contributed by atoms with E-state index in [1.54, 1.807) is 31.4 Å². The quantitative estimate of drug-likeness (QED) is 0.553. The van der Waals surface area contributed by atoms with Crippen LogP contribution in [0.3, 0.4) is 0 Å². The van der Waals surface area contributed by atoms with Crippen molar-refractivity contribution >= 4 is 21.6 Å². The van der Waals surface area contributed by atoms with Crippen molar-refractivity contribution in [2.75, 3.05) is 33.3 Å². The van der Waals surface area contributed by atoms with Crippen LogP contribution in [0.2, 0.25) is 0 Å². The standard InChI is InChI=1S/C24H29N5O4S/c1-33-20-7-9-21(10-8-20)34(31,32)28-15-11-18(12-16-28)24(30)27-13-4-5-19(17-27)23-26-25-22-6-2-3-14-29(22)23/h2-3,6-10,14,18-19H,4-5,11-13,15-17H2,1H3/t19-/m0/s1. The number of benzene rings is 1. The lowest BCUT2D eigenvalue weighted by molar-refractivity contribution is -0.138. The third-order valence-corrected chi connectivity index (χ3v) is 8.85. The number of methoxy groups -OCH3 is 1. The molecule has 0 saturated carbocycles. The Kier molecular flexibility index (Phi) is 6.26. The van der Waals surface area contributed by atoms with Gasteiger partial charge < -0.3 is 9.64 Å². The first-order chi connectivity index (χ1) is 16.5. The van der Waals surface area contributed by atoms with Gasteiger partial charge in [-0.1, -0.05) is 6.07 Å². The van der Waals surface area contributed by atoms with Crippen molar-refractivity contribution in [2.45, 2.75) is 36.5 Å². The van der Waals surface area contributed by atoms with Crippen LogP contribution < -0.4 is 4.74 Å². The van der Waals surface area contributed by atoms with E-state index in [1.165, 1.54) is 4.31 Å². The van der Waals surface area contributed by atoms with E-state index in [1.807, 2.05) is 33.7 Å². The van der Waals surface area contributed by atoms with Crippen molar-refractivity contribution in [3.05, 3.63) is 54.5 Å². The molecular formula is C24H29N5O4S. The van der Waals surface area contributed by atoms with Crippen LogP contribution in [0.5, 0.6) is 5.75 Å². The number of piperidine rings is 2. The number of carbonyl (C=O) groups is 1. The minimum absolute atomic E-state index is 0.125. The molecule has 0 spiro atoms. The molecule has 180 valence electrons. The molecule has 34 heavy (non-hydrogen) atoms. The lowest BCUT2D eigenvalue weighted by Gasteiger charge is -2.37.